The van der Waals surface area contributed by atoms with Crippen LogP contribution in [0.5, 0.6) is 34.5 Å². The Morgan fingerprint density at radius 1 is 0.486 bits per heavy atom. The van der Waals surface area contributed by atoms with Gasteiger partial charge in [0.2, 0.25) is 0 Å². The quantitative estimate of drug-likeness (QED) is 0.0253. The predicted octanol–water partition coefficient (Wildman–Crippen LogP) is 19.0. The molecule has 0 bridgehead atoms. The molecule has 6 aromatic carbocycles. The second kappa shape index (κ2) is 34.5. The molecular formula is C78H75Cl6N11O12. The number of carbonyl (C=O) groups is 1. The number of ketones is 1. The number of benzene rings is 6. The number of fused-ring (bicyclic) bond motifs is 3. The lowest BCUT2D eigenvalue weighted by atomic mass is 10.0. The molecule has 29 heteroatoms. The van der Waals surface area contributed by atoms with E-state index in [1.165, 1.54) is 59.4 Å². The minimum atomic E-state index is -0.476. The molecule has 6 heterocycles. The number of para-hydroxylation sites is 5. The van der Waals surface area contributed by atoms with E-state index < -0.39 is 4.92 Å². The highest BCUT2D eigenvalue weighted by molar-refractivity contribution is 6.42. The van der Waals surface area contributed by atoms with Crippen LogP contribution in [-0.2, 0) is 32.4 Å². The summed E-state index contributed by atoms with van der Waals surface area (Å²) in [5.74, 6) is 3.45. The van der Waals surface area contributed by atoms with Gasteiger partial charge in [-0.2, -0.15) is 0 Å². The number of nitro benzene ring substituents is 1. The molecule has 107 heavy (non-hydrogen) atoms. The minimum Gasteiger partial charge on any atom is -0.495 e. The Bertz CT molecular complexity index is 5630. The zero-order chi connectivity index (χ0) is 76.2. The Morgan fingerprint density at radius 3 is 1.09 bits per heavy atom. The molecule has 0 fully saturated rings. The van der Waals surface area contributed by atoms with E-state index in [0.717, 1.165) is 39.0 Å². The summed E-state index contributed by atoms with van der Waals surface area (Å²) in [7, 11) is 13.8. The average Bonchev–Trinajstić information content (AvgIpc) is 0.758. The Labute approximate surface area is 646 Å². The number of hydrogen-bond donors (Lipinski definition) is 4. The number of aryl methyl sites for hydroxylation is 6. The number of pyridine rings is 6. The van der Waals surface area contributed by atoms with Crippen molar-refractivity contribution in [3.63, 3.8) is 0 Å². The maximum absolute atomic E-state index is 13.6. The first-order valence-electron chi connectivity index (χ1n) is 31.6. The van der Waals surface area contributed by atoms with Gasteiger partial charge >= 0.3 is 0 Å². The third-order valence-electron chi connectivity index (χ3n) is 17.4. The molecule has 0 aliphatic heterocycles. The fraction of sp³-hybridized carbons (Fsp3) is 0.192. The molecule has 0 atom stereocenters. The van der Waals surface area contributed by atoms with E-state index in [0.29, 0.717) is 102 Å². The van der Waals surface area contributed by atoms with Crippen LogP contribution in [0.1, 0.15) is 37.1 Å². The van der Waals surface area contributed by atoms with Crippen molar-refractivity contribution in [2.75, 3.05) is 64.3 Å². The molecule has 556 valence electrons. The van der Waals surface area contributed by atoms with Gasteiger partial charge in [-0.05, 0) is 74.9 Å². The molecule has 0 aliphatic rings. The molecule has 0 spiro atoms. The Hall–Kier alpha value is -11.1. The summed E-state index contributed by atoms with van der Waals surface area (Å²) in [6.45, 7) is 9.10. The number of rotatable bonds is 19. The fourth-order valence-electron chi connectivity index (χ4n) is 12.1. The van der Waals surface area contributed by atoms with E-state index in [4.69, 9.17) is 104 Å². The highest BCUT2D eigenvalue weighted by Crippen LogP contribution is 2.49. The second-order valence-corrected chi connectivity index (χ2v) is 25.7. The molecule has 23 nitrogen and oxygen atoms in total. The van der Waals surface area contributed by atoms with Gasteiger partial charge in [0.25, 0.3) is 22.4 Å². The van der Waals surface area contributed by atoms with Crippen molar-refractivity contribution in [3.8, 4) is 67.9 Å². The predicted molar refractivity (Wildman–Crippen MR) is 433 cm³/mol. The van der Waals surface area contributed by atoms with Crippen LogP contribution >= 0.6 is 69.6 Å². The second-order valence-electron chi connectivity index (χ2n) is 23.5. The molecule has 0 unspecified atom stereocenters. The van der Waals surface area contributed by atoms with Crippen LogP contribution in [0.25, 0.3) is 66.1 Å². The molecule has 0 aliphatic carbocycles. The molecule has 0 radical (unpaired) electrons. The largest absolute Gasteiger partial charge is 0.495 e. The molecule has 0 saturated heterocycles. The summed E-state index contributed by atoms with van der Waals surface area (Å²) in [5.41, 5.74) is 14.2. The van der Waals surface area contributed by atoms with E-state index in [9.17, 15) is 29.3 Å². The lowest BCUT2D eigenvalue weighted by Gasteiger charge is -2.18. The van der Waals surface area contributed by atoms with E-state index in [2.05, 4.69) is 37.5 Å². The number of allylic oxidation sites excluding steroid dienone is 1. The van der Waals surface area contributed by atoms with E-state index in [1.807, 2.05) is 56.3 Å². The van der Waals surface area contributed by atoms with Crippen molar-refractivity contribution in [2.24, 2.45) is 21.1 Å². The molecule has 12 rings (SSSR count). The Balaban J connectivity index is 0.000000201. The van der Waals surface area contributed by atoms with Gasteiger partial charge in [0.1, 0.15) is 57.6 Å². The van der Waals surface area contributed by atoms with Gasteiger partial charge < -0.3 is 63.8 Å². The van der Waals surface area contributed by atoms with Crippen LogP contribution in [0.2, 0.25) is 30.1 Å². The number of nitrogens with zero attached hydrogens (tertiary/aromatic N) is 7. The first kappa shape index (κ1) is 81.6. The maximum Gasteiger partial charge on any atom is 0.292 e. The highest BCUT2D eigenvalue weighted by Gasteiger charge is 2.28. The number of methoxy groups -OCH3 is 6. The number of nitrogen functional groups attached to an aromatic ring is 1. The van der Waals surface area contributed by atoms with Crippen LogP contribution in [0.15, 0.2) is 155 Å². The van der Waals surface area contributed by atoms with Gasteiger partial charge in [0.05, 0.1) is 122 Å². The molecule has 0 amide bonds. The minimum absolute atomic E-state index is 0. The third-order valence-corrected chi connectivity index (χ3v) is 19.7. The lowest BCUT2D eigenvalue weighted by molar-refractivity contribution is -0.383. The van der Waals surface area contributed by atoms with Crippen LogP contribution in [0.4, 0.5) is 45.9 Å². The van der Waals surface area contributed by atoms with Gasteiger partial charge in [-0.1, -0.05) is 134 Å². The van der Waals surface area contributed by atoms with Gasteiger partial charge in [0, 0.05) is 126 Å². The smallest absolute Gasteiger partial charge is 0.292 e. The maximum atomic E-state index is 13.6. The van der Waals surface area contributed by atoms with Crippen molar-refractivity contribution < 1.29 is 38.1 Å². The zero-order valence-electron chi connectivity index (χ0n) is 58.5. The van der Waals surface area contributed by atoms with Crippen molar-refractivity contribution in [2.45, 2.75) is 42.0 Å². The zero-order valence-corrected chi connectivity index (χ0v) is 63.0. The van der Waals surface area contributed by atoms with Gasteiger partial charge in [-0.25, -0.2) is 15.0 Å². The third kappa shape index (κ3) is 15.9. The molecular weight excluding hydrogens is 1500 g/mol. The summed E-state index contributed by atoms with van der Waals surface area (Å²) < 4.78 is 36.7. The number of carbonyl (C=O) groups excluding carboxylic acids is 1. The fourth-order valence-corrected chi connectivity index (χ4v) is 14.2. The van der Waals surface area contributed by atoms with Crippen LogP contribution in [-0.4, -0.2) is 82.0 Å². The average molecular weight is 1570 g/mol. The molecule has 12 aromatic rings. The van der Waals surface area contributed by atoms with Crippen molar-refractivity contribution in [1.29, 1.82) is 0 Å². The normalized spacial score (nSPS) is 10.7. The summed E-state index contributed by atoms with van der Waals surface area (Å²) >= 11 is 39.4. The standard InChI is InChI=1S/C28H25Cl2N3O4.C24H20Cl2N4O5.C24H22Cl2N4O3.2CH4/c1-6-18(34)11-16-9-7-8-10-20(16)32-27-15(2)26-17(14-31-27)12-19(28(35)33(26)3)23-24(29)21(36-4)13-22(37-5)25(23)30;1-12-22-13(11-27-23(12)28-15-7-5-6-8-16(15)30(32)33)9-14(24(31)29(22)2)19-20(25)17(34-3)10-18(35-4)21(19)26;1-12-22-13(11-28-23(12)29-16-8-6-5-7-15(16)27)9-14(24(31)30(22)2)19-20(25)17(32-3)10-18(33-4)21(19)26;;/h6-10,12-14H,1,11H2,2-5H3,(H,31,32);5-11H,1-4H3,(H,27,28);5-11H,27H2,1-4H3,(H,28,29);2*1H4. The highest BCUT2D eigenvalue weighted by atomic mass is 35.5. The monoisotopic (exact) mass is 1570 g/mol. The number of halogens is 6. The van der Waals surface area contributed by atoms with Crippen LogP contribution in [0.3, 0.4) is 0 Å². The van der Waals surface area contributed by atoms with Crippen molar-refractivity contribution in [3.05, 3.63) is 234 Å². The number of nitrogens with one attached hydrogen (secondary N) is 3. The Morgan fingerprint density at radius 2 is 0.776 bits per heavy atom. The Kier molecular flexibility index (Phi) is 26.3. The van der Waals surface area contributed by atoms with Crippen LogP contribution in [0, 0.1) is 30.9 Å². The van der Waals surface area contributed by atoms with Crippen molar-refractivity contribution >= 4 is 154 Å². The summed E-state index contributed by atoms with van der Waals surface area (Å²) in [6.07, 6.45) is 6.45. The van der Waals surface area contributed by atoms with Gasteiger partial charge in [-0.15, -0.1) is 0 Å². The lowest BCUT2D eigenvalue weighted by Crippen LogP contribution is -2.20. The summed E-state index contributed by atoms with van der Waals surface area (Å²) in [4.78, 5) is 77.0. The van der Waals surface area contributed by atoms with E-state index in [1.54, 1.807) is 116 Å². The van der Waals surface area contributed by atoms with Gasteiger partial charge in [0.15, 0.2) is 5.78 Å². The molecule has 6 aromatic heterocycles. The van der Waals surface area contributed by atoms with Crippen LogP contribution < -0.4 is 66.8 Å². The number of nitro groups is 1. The number of hydrogen-bond acceptors (Lipinski definition) is 19. The topological polar surface area (TPSA) is 282 Å². The number of nitrogens with two attached hydrogens (primary N) is 1. The molecule has 0 saturated carbocycles. The van der Waals surface area contributed by atoms with E-state index >= 15 is 0 Å². The first-order chi connectivity index (χ1) is 50.2. The first-order valence-corrected chi connectivity index (χ1v) is 33.9. The van der Waals surface area contributed by atoms with Crippen molar-refractivity contribution in [1.82, 2.24) is 28.7 Å². The SMILES string of the molecule is C.C.C=CC(=O)Cc1ccccc1Nc1ncc2cc(-c3c(Cl)c(OC)cc(OC)c3Cl)c(=O)n(C)c2c1C.COc1cc(OC)c(Cl)c(-c2cc3cnc(Nc4ccccc4N)c(C)c3n(C)c2=O)c1Cl.COc1cc(OC)c(Cl)c(-c2cc3cnc(Nc4ccccc4[N+](=O)[O-])c(C)c3n(C)c2=O)c1Cl. The van der Waals surface area contributed by atoms with Gasteiger partial charge in [-0.3, -0.25) is 29.3 Å². The van der Waals surface area contributed by atoms with E-state index in [-0.39, 0.29) is 102 Å². The number of aromatic nitrogens is 6. The number of anilines is 7. The summed E-state index contributed by atoms with van der Waals surface area (Å²) in [6, 6.07) is 30.9. The number of ether oxygens (including phenoxy) is 6. The summed E-state index contributed by atoms with van der Waals surface area (Å²) in [5, 5.41) is 24.3. The molecule has 5 N–H and O–H groups in total.